The predicted octanol–water partition coefficient (Wildman–Crippen LogP) is 3.39. The van der Waals surface area contributed by atoms with E-state index in [4.69, 9.17) is 4.74 Å². The summed E-state index contributed by atoms with van der Waals surface area (Å²) in [4.78, 5) is 26.6. The third-order valence-corrected chi connectivity index (χ3v) is 4.29. The molecule has 1 aliphatic heterocycles. The molecule has 2 aromatic rings. The van der Waals surface area contributed by atoms with Gasteiger partial charge in [-0.15, -0.1) is 0 Å². The second kappa shape index (κ2) is 7.38. The number of amides is 2. The molecule has 1 N–H and O–H groups in total. The van der Waals surface area contributed by atoms with E-state index in [0.29, 0.717) is 24.6 Å². The first-order valence-corrected chi connectivity index (χ1v) is 8.48. The molecule has 1 unspecified atom stereocenters. The van der Waals surface area contributed by atoms with Crippen LogP contribution < -0.4 is 15.0 Å². The zero-order valence-corrected chi connectivity index (χ0v) is 14.5. The second-order valence-corrected chi connectivity index (χ2v) is 6.16. The molecule has 1 atom stereocenters. The molecule has 0 bridgehead atoms. The Labute approximate surface area is 147 Å². The minimum atomic E-state index is -0.372. The first kappa shape index (κ1) is 17.0. The van der Waals surface area contributed by atoms with Crippen molar-refractivity contribution in [2.45, 2.75) is 20.3 Å². The minimum absolute atomic E-state index is 0.0258. The van der Waals surface area contributed by atoms with E-state index in [-0.39, 0.29) is 24.2 Å². The molecule has 1 saturated heterocycles. The van der Waals surface area contributed by atoms with Crippen molar-refractivity contribution < 1.29 is 14.3 Å². The number of benzene rings is 2. The van der Waals surface area contributed by atoms with E-state index in [1.165, 1.54) is 0 Å². The van der Waals surface area contributed by atoms with E-state index in [1.54, 1.807) is 11.0 Å². The van der Waals surface area contributed by atoms with E-state index in [1.807, 2.05) is 56.3 Å². The molecule has 0 radical (unpaired) electrons. The highest BCUT2D eigenvalue weighted by molar-refractivity contribution is 6.03. The Morgan fingerprint density at radius 3 is 2.64 bits per heavy atom. The fourth-order valence-corrected chi connectivity index (χ4v) is 2.94. The fourth-order valence-electron chi connectivity index (χ4n) is 2.94. The lowest BCUT2D eigenvalue weighted by Crippen LogP contribution is -2.28. The molecule has 0 spiro atoms. The highest BCUT2D eigenvalue weighted by atomic mass is 16.5. The second-order valence-electron chi connectivity index (χ2n) is 6.16. The summed E-state index contributed by atoms with van der Waals surface area (Å²) in [7, 11) is 0. The molecule has 0 saturated carbocycles. The molecule has 1 aliphatic rings. The summed E-state index contributed by atoms with van der Waals surface area (Å²) in [5, 5.41) is 2.90. The summed E-state index contributed by atoms with van der Waals surface area (Å²) in [5.41, 5.74) is 2.61. The number of ether oxygens (including phenoxy) is 1. The normalized spacial score (nSPS) is 16.8. The lowest BCUT2D eigenvalue weighted by molar-refractivity contribution is -0.122. The van der Waals surface area contributed by atoms with Gasteiger partial charge in [0.2, 0.25) is 11.8 Å². The Morgan fingerprint density at radius 2 is 1.92 bits per heavy atom. The number of para-hydroxylation sites is 2. The van der Waals surface area contributed by atoms with Gasteiger partial charge >= 0.3 is 0 Å². The van der Waals surface area contributed by atoms with Crippen LogP contribution in [0, 0.1) is 12.8 Å². The van der Waals surface area contributed by atoms with Gasteiger partial charge in [-0.3, -0.25) is 9.59 Å². The van der Waals surface area contributed by atoms with Crippen LogP contribution in [0.25, 0.3) is 0 Å². The third kappa shape index (κ3) is 3.82. The summed E-state index contributed by atoms with van der Waals surface area (Å²) >= 11 is 0. The molecule has 25 heavy (non-hydrogen) atoms. The number of aryl methyl sites for hydroxylation is 1. The van der Waals surface area contributed by atoms with E-state index < -0.39 is 0 Å². The molecule has 2 aromatic carbocycles. The van der Waals surface area contributed by atoms with E-state index >= 15 is 0 Å². The van der Waals surface area contributed by atoms with Crippen molar-refractivity contribution in [3.8, 4) is 5.75 Å². The molecule has 5 heteroatoms. The topological polar surface area (TPSA) is 58.6 Å². The van der Waals surface area contributed by atoms with Crippen LogP contribution in [-0.4, -0.2) is 25.0 Å². The number of carbonyl (C=O) groups excluding carboxylic acids is 2. The van der Waals surface area contributed by atoms with Crippen LogP contribution in [-0.2, 0) is 9.59 Å². The fraction of sp³-hybridized carbons (Fsp3) is 0.300. The van der Waals surface area contributed by atoms with E-state index in [9.17, 15) is 9.59 Å². The summed E-state index contributed by atoms with van der Waals surface area (Å²) in [6.07, 6.45) is 0.219. The Hall–Kier alpha value is -2.82. The van der Waals surface area contributed by atoms with Crippen molar-refractivity contribution in [1.82, 2.24) is 0 Å². The first-order valence-electron chi connectivity index (χ1n) is 8.48. The maximum atomic E-state index is 12.6. The van der Waals surface area contributed by atoms with Crippen molar-refractivity contribution in [2.75, 3.05) is 23.4 Å². The number of hydrogen-bond donors (Lipinski definition) is 1. The lowest BCUT2D eigenvalue weighted by Gasteiger charge is -2.17. The molecule has 0 aromatic heterocycles. The van der Waals surface area contributed by atoms with Crippen LogP contribution in [0.15, 0.2) is 48.5 Å². The summed E-state index contributed by atoms with van der Waals surface area (Å²) in [6.45, 7) is 4.82. The van der Waals surface area contributed by atoms with Crippen LogP contribution in [0.1, 0.15) is 18.9 Å². The first-order chi connectivity index (χ1) is 12.1. The Kier molecular flexibility index (Phi) is 5.03. The van der Waals surface area contributed by atoms with Crippen LogP contribution in [0.3, 0.4) is 0 Å². The summed E-state index contributed by atoms with van der Waals surface area (Å²) in [5.74, 6) is 0.0822. The van der Waals surface area contributed by atoms with Gasteiger partial charge in [0.15, 0.2) is 0 Å². The monoisotopic (exact) mass is 338 g/mol. The van der Waals surface area contributed by atoms with Gasteiger partial charge < -0.3 is 15.0 Å². The number of carbonyl (C=O) groups is 2. The zero-order chi connectivity index (χ0) is 17.8. The van der Waals surface area contributed by atoms with Gasteiger partial charge in [-0.2, -0.15) is 0 Å². The molecule has 130 valence electrons. The highest BCUT2D eigenvalue weighted by Crippen LogP contribution is 2.28. The number of rotatable bonds is 5. The molecule has 1 heterocycles. The molecule has 0 aliphatic carbocycles. The standard InChI is InChI=1S/C20H22N2O3/c1-3-25-18-7-5-4-6-17(18)21-20(24)15-12-19(23)22(13-15)16-10-8-14(2)9-11-16/h4-11,15H,3,12-13H2,1-2H3,(H,21,24). The van der Waals surface area contributed by atoms with Crippen LogP contribution in [0.5, 0.6) is 5.75 Å². The van der Waals surface area contributed by atoms with Gasteiger partial charge in [-0.1, -0.05) is 29.8 Å². The van der Waals surface area contributed by atoms with Crippen LogP contribution in [0.2, 0.25) is 0 Å². The quantitative estimate of drug-likeness (QED) is 0.909. The van der Waals surface area contributed by atoms with Gasteiger partial charge in [0.25, 0.3) is 0 Å². The summed E-state index contributed by atoms with van der Waals surface area (Å²) < 4.78 is 5.53. The Bertz CT molecular complexity index is 771. The van der Waals surface area contributed by atoms with Crippen molar-refractivity contribution in [1.29, 1.82) is 0 Å². The van der Waals surface area contributed by atoms with E-state index in [2.05, 4.69) is 5.32 Å². The number of nitrogens with one attached hydrogen (secondary N) is 1. The predicted molar refractivity (Wildman–Crippen MR) is 97.9 cm³/mol. The van der Waals surface area contributed by atoms with Crippen molar-refractivity contribution in [3.05, 3.63) is 54.1 Å². The van der Waals surface area contributed by atoms with Crippen LogP contribution in [0.4, 0.5) is 11.4 Å². The summed E-state index contributed by atoms with van der Waals surface area (Å²) in [6, 6.07) is 15.1. The van der Waals surface area contributed by atoms with Crippen molar-refractivity contribution in [2.24, 2.45) is 5.92 Å². The largest absolute Gasteiger partial charge is 0.492 e. The van der Waals surface area contributed by atoms with Gasteiger partial charge in [0, 0.05) is 18.7 Å². The van der Waals surface area contributed by atoms with E-state index in [0.717, 1.165) is 11.3 Å². The van der Waals surface area contributed by atoms with Gasteiger partial charge in [-0.05, 0) is 38.1 Å². The minimum Gasteiger partial charge on any atom is -0.492 e. The van der Waals surface area contributed by atoms with Crippen molar-refractivity contribution >= 4 is 23.2 Å². The third-order valence-electron chi connectivity index (χ3n) is 4.29. The lowest BCUT2D eigenvalue weighted by atomic mass is 10.1. The molecular weight excluding hydrogens is 316 g/mol. The highest BCUT2D eigenvalue weighted by Gasteiger charge is 2.35. The number of hydrogen-bond acceptors (Lipinski definition) is 3. The van der Waals surface area contributed by atoms with Gasteiger partial charge in [0.1, 0.15) is 5.75 Å². The smallest absolute Gasteiger partial charge is 0.229 e. The average molecular weight is 338 g/mol. The number of nitrogens with zero attached hydrogens (tertiary/aromatic N) is 1. The zero-order valence-electron chi connectivity index (χ0n) is 14.5. The molecular formula is C20H22N2O3. The molecule has 5 nitrogen and oxygen atoms in total. The maximum Gasteiger partial charge on any atom is 0.229 e. The van der Waals surface area contributed by atoms with Gasteiger partial charge in [0.05, 0.1) is 18.2 Å². The Morgan fingerprint density at radius 1 is 1.20 bits per heavy atom. The molecule has 1 fully saturated rings. The Balaban J connectivity index is 1.70. The molecule has 2 amide bonds. The van der Waals surface area contributed by atoms with Gasteiger partial charge in [-0.25, -0.2) is 0 Å². The average Bonchev–Trinajstić information content (AvgIpc) is 2.99. The van der Waals surface area contributed by atoms with Crippen LogP contribution >= 0.6 is 0 Å². The SMILES string of the molecule is CCOc1ccccc1NC(=O)C1CC(=O)N(c2ccc(C)cc2)C1. The maximum absolute atomic E-state index is 12.6. The van der Waals surface area contributed by atoms with Crippen molar-refractivity contribution in [3.63, 3.8) is 0 Å². The molecule has 3 rings (SSSR count). The number of anilines is 2.